The van der Waals surface area contributed by atoms with E-state index in [-0.39, 0.29) is 11.6 Å². The summed E-state index contributed by atoms with van der Waals surface area (Å²) < 4.78 is 0. The number of aromatic carboxylic acids is 1. The first kappa shape index (κ1) is 13.4. The summed E-state index contributed by atoms with van der Waals surface area (Å²) in [4.78, 5) is 11.0. The maximum Gasteiger partial charge on any atom is 0.337 e. The number of hydrogen-bond donors (Lipinski definition) is 3. The molecule has 0 bridgehead atoms. The zero-order valence-electron chi connectivity index (χ0n) is 10.7. The van der Waals surface area contributed by atoms with Crippen LogP contribution in [-0.4, -0.2) is 17.1 Å². The van der Waals surface area contributed by atoms with Gasteiger partial charge in [-0.1, -0.05) is 13.8 Å². The van der Waals surface area contributed by atoms with Gasteiger partial charge in [0.2, 0.25) is 0 Å². The molecule has 0 aromatic heterocycles. The van der Waals surface area contributed by atoms with Crippen molar-refractivity contribution in [3.05, 3.63) is 23.3 Å². The number of carboxylic acid groups (broad SMARTS) is 1. The Morgan fingerprint density at radius 2 is 1.94 bits per heavy atom. The molecule has 0 saturated heterocycles. The van der Waals surface area contributed by atoms with Gasteiger partial charge >= 0.3 is 5.97 Å². The third-order valence-corrected chi connectivity index (χ3v) is 3.01. The van der Waals surface area contributed by atoms with Gasteiger partial charge in [0.05, 0.1) is 5.56 Å². The van der Waals surface area contributed by atoms with E-state index in [4.69, 9.17) is 10.8 Å². The second kappa shape index (κ2) is 5.08. The van der Waals surface area contributed by atoms with Crippen LogP contribution in [0.1, 0.15) is 36.7 Å². The first-order valence-electron chi connectivity index (χ1n) is 5.73. The molecule has 0 aliphatic rings. The Labute approximate surface area is 102 Å². The third kappa shape index (κ3) is 3.12. The predicted molar refractivity (Wildman–Crippen MR) is 70.5 cm³/mol. The van der Waals surface area contributed by atoms with Gasteiger partial charge in [-0.2, -0.15) is 0 Å². The Kier molecular flexibility index (Phi) is 3.99. The number of carboxylic acids is 1. The van der Waals surface area contributed by atoms with Crippen LogP contribution in [0.15, 0.2) is 12.1 Å². The number of rotatable bonds is 4. The van der Waals surface area contributed by atoms with E-state index in [9.17, 15) is 4.79 Å². The zero-order valence-corrected chi connectivity index (χ0v) is 10.7. The number of hydrogen-bond acceptors (Lipinski definition) is 3. The number of carbonyl (C=O) groups is 1. The molecule has 0 saturated carbocycles. The molecule has 1 atom stereocenters. The molecule has 0 radical (unpaired) electrons. The summed E-state index contributed by atoms with van der Waals surface area (Å²) in [5.74, 6) is -0.521. The van der Waals surface area contributed by atoms with Gasteiger partial charge in [0, 0.05) is 17.4 Å². The average molecular weight is 236 g/mol. The van der Waals surface area contributed by atoms with Crippen LogP contribution in [0.4, 0.5) is 11.4 Å². The van der Waals surface area contributed by atoms with Gasteiger partial charge in [0.15, 0.2) is 0 Å². The van der Waals surface area contributed by atoms with Crippen LogP contribution in [0.25, 0.3) is 0 Å². The van der Waals surface area contributed by atoms with Gasteiger partial charge in [-0.3, -0.25) is 0 Å². The number of aryl methyl sites for hydroxylation is 1. The van der Waals surface area contributed by atoms with Crippen molar-refractivity contribution in [3.63, 3.8) is 0 Å². The van der Waals surface area contributed by atoms with Crippen molar-refractivity contribution >= 4 is 17.3 Å². The molecule has 4 N–H and O–H groups in total. The Balaban J connectivity index is 3.07. The molecular formula is C13H20N2O2. The smallest absolute Gasteiger partial charge is 0.337 e. The van der Waals surface area contributed by atoms with E-state index < -0.39 is 5.97 Å². The highest BCUT2D eigenvalue weighted by Crippen LogP contribution is 2.24. The van der Waals surface area contributed by atoms with Gasteiger partial charge in [-0.15, -0.1) is 0 Å². The van der Waals surface area contributed by atoms with E-state index in [1.54, 1.807) is 6.07 Å². The largest absolute Gasteiger partial charge is 0.478 e. The van der Waals surface area contributed by atoms with Crippen molar-refractivity contribution in [1.29, 1.82) is 0 Å². The van der Waals surface area contributed by atoms with E-state index in [0.717, 1.165) is 11.3 Å². The highest BCUT2D eigenvalue weighted by molar-refractivity contribution is 5.95. The SMILES string of the molecule is Cc1cc(NC(C)C(C)C)cc(C(=O)O)c1N. The molecule has 1 unspecified atom stereocenters. The fourth-order valence-corrected chi connectivity index (χ4v) is 1.49. The highest BCUT2D eigenvalue weighted by Gasteiger charge is 2.13. The van der Waals surface area contributed by atoms with Gasteiger partial charge < -0.3 is 16.2 Å². The monoisotopic (exact) mass is 236 g/mol. The van der Waals surface area contributed by atoms with E-state index in [2.05, 4.69) is 26.1 Å². The molecule has 0 spiro atoms. The van der Waals surface area contributed by atoms with Crippen LogP contribution in [0.2, 0.25) is 0 Å². The Morgan fingerprint density at radius 1 is 1.35 bits per heavy atom. The maximum atomic E-state index is 11.0. The van der Waals surface area contributed by atoms with Crippen molar-refractivity contribution in [1.82, 2.24) is 0 Å². The van der Waals surface area contributed by atoms with Crippen molar-refractivity contribution in [2.45, 2.75) is 33.7 Å². The van der Waals surface area contributed by atoms with Crippen LogP contribution in [0.5, 0.6) is 0 Å². The lowest BCUT2D eigenvalue weighted by Gasteiger charge is -2.20. The molecule has 17 heavy (non-hydrogen) atoms. The number of nitrogens with one attached hydrogen (secondary N) is 1. The van der Waals surface area contributed by atoms with Crippen molar-refractivity contribution in [2.24, 2.45) is 5.92 Å². The van der Waals surface area contributed by atoms with Gasteiger partial charge in [-0.25, -0.2) is 4.79 Å². The minimum atomic E-state index is -0.994. The summed E-state index contributed by atoms with van der Waals surface area (Å²) in [5, 5.41) is 12.3. The number of benzene rings is 1. The van der Waals surface area contributed by atoms with E-state index in [0.29, 0.717) is 11.6 Å². The van der Waals surface area contributed by atoms with Gasteiger partial charge in [0.25, 0.3) is 0 Å². The molecule has 0 fully saturated rings. The van der Waals surface area contributed by atoms with Gasteiger partial charge in [-0.05, 0) is 37.5 Å². The van der Waals surface area contributed by atoms with Crippen LogP contribution >= 0.6 is 0 Å². The van der Waals surface area contributed by atoms with Crippen LogP contribution in [0.3, 0.4) is 0 Å². The topological polar surface area (TPSA) is 75.3 Å². The molecule has 1 aromatic carbocycles. The lowest BCUT2D eigenvalue weighted by Crippen LogP contribution is -2.21. The summed E-state index contributed by atoms with van der Waals surface area (Å²) >= 11 is 0. The number of nitrogen functional groups attached to an aromatic ring is 1. The van der Waals surface area contributed by atoms with Crippen molar-refractivity contribution in [3.8, 4) is 0 Å². The summed E-state index contributed by atoms with van der Waals surface area (Å²) in [6, 6.07) is 3.74. The van der Waals surface area contributed by atoms with E-state index >= 15 is 0 Å². The molecular weight excluding hydrogens is 216 g/mol. The lowest BCUT2D eigenvalue weighted by molar-refractivity contribution is 0.0698. The summed E-state index contributed by atoms with van der Waals surface area (Å²) in [6.45, 7) is 8.10. The fraction of sp³-hybridized carbons (Fsp3) is 0.462. The molecule has 1 aromatic rings. The Morgan fingerprint density at radius 3 is 2.41 bits per heavy atom. The second-order valence-corrected chi connectivity index (χ2v) is 4.74. The number of nitrogens with two attached hydrogens (primary N) is 1. The molecule has 1 rings (SSSR count). The summed E-state index contributed by atoms with van der Waals surface area (Å²) in [5.41, 5.74) is 7.81. The summed E-state index contributed by atoms with van der Waals surface area (Å²) in [7, 11) is 0. The molecule has 0 aliphatic heterocycles. The number of anilines is 2. The minimum Gasteiger partial charge on any atom is -0.478 e. The standard InChI is InChI=1S/C13H20N2O2/c1-7(2)9(4)15-10-5-8(3)12(14)11(6-10)13(16)17/h5-7,9,15H,14H2,1-4H3,(H,16,17). The first-order valence-corrected chi connectivity index (χ1v) is 5.73. The average Bonchev–Trinajstić information content (AvgIpc) is 2.22. The van der Waals surface area contributed by atoms with Crippen molar-refractivity contribution < 1.29 is 9.90 Å². The predicted octanol–water partition coefficient (Wildman–Crippen LogP) is 2.73. The van der Waals surface area contributed by atoms with E-state index in [1.165, 1.54) is 0 Å². The quantitative estimate of drug-likeness (QED) is 0.703. The second-order valence-electron chi connectivity index (χ2n) is 4.74. The van der Waals surface area contributed by atoms with Crippen LogP contribution in [-0.2, 0) is 0 Å². The highest BCUT2D eigenvalue weighted by atomic mass is 16.4. The maximum absolute atomic E-state index is 11.0. The van der Waals surface area contributed by atoms with Crippen molar-refractivity contribution in [2.75, 3.05) is 11.1 Å². The minimum absolute atomic E-state index is 0.156. The fourth-order valence-electron chi connectivity index (χ4n) is 1.49. The first-order chi connectivity index (χ1) is 7.82. The third-order valence-electron chi connectivity index (χ3n) is 3.01. The lowest BCUT2D eigenvalue weighted by atomic mass is 10.0. The van der Waals surface area contributed by atoms with E-state index in [1.807, 2.05) is 13.0 Å². The molecule has 94 valence electrons. The summed E-state index contributed by atoms with van der Waals surface area (Å²) in [6.07, 6.45) is 0. The Bertz CT molecular complexity index is 428. The normalized spacial score (nSPS) is 12.5. The zero-order chi connectivity index (χ0) is 13.2. The van der Waals surface area contributed by atoms with Crippen LogP contribution < -0.4 is 11.1 Å². The van der Waals surface area contributed by atoms with Crippen LogP contribution in [0, 0.1) is 12.8 Å². The molecule has 4 nitrogen and oxygen atoms in total. The molecule has 0 amide bonds. The molecule has 0 aliphatic carbocycles. The molecule has 4 heteroatoms. The Hall–Kier alpha value is -1.71. The van der Waals surface area contributed by atoms with Gasteiger partial charge in [0.1, 0.15) is 0 Å². The molecule has 0 heterocycles.